The predicted octanol–water partition coefficient (Wildman–Crippen LogP) is 3.97. The molecule has 1 atom stereocenters. The van der Waals surface area contributed by atoms with Crippen molar-refractivity contribution in [1.29, 1.82) is 0 Å². The minimum atomic E-state index is -0.0368. The molecule has 2 nitrogen and oxygen atoms in total. The van der Waals surface area contributed by atoms with Crippen molar-refractivity contribution in [2.45, 2.75) is 19.9 Å². The molecule has 0 spiro atoms. The highest BCUT2D eigenvalue weighted by Crippen LogP contribution is 2.13. The molecule has 1 unspecified atom stereocenters. The Balaban J connectivity index is 2.03. The lowest BCUT2D eigenvalue weighted by Gasteiger charge is -2.14. The molecule has 0 saturated heterocycles. The molecular formula is C18H19NO. The molecule has 1 amide bonds. The SMILES string of the molecule is CC(=Cc1ccccc1)C(=O)NC(C)c1ccccc1. The van der Waals surface area contributed by atoms with Crippen LogP contribution in [0.4, 0.5) is 0 Å². The minimum absolute atomic E-state index is 0.00261. The molecule has 0 aliphatic carbocycles. The van der Waals surface area contributed by atoms with Gasteiger partial charge in [0, 0.05) is 5.57 Å². The van der Waals surface area contributed by atoms with Gasteiger partial charge in [0.2, 0.25) is 5.91 Å². The van der Waals surface area contributed by atoms with E-state index in [4.69, 9.17) is 0 Å². The molecule has 2 aromatic rings. The van der Waals surface area contributed by atoms with E-state index >= 15 is 0 Å². The van der Waals surface area contributed by atoms with E-state index in [1.54, 1.807) is 0 Å². The summed E-state index contributed by atoms with van der Waals surface area (Å²) in [7, 11) is 0. The zero-order chi connectivity index (χ0) is 14.4. The summed E-state index contributed by atoms with van der Waals surface area (Å²) in [6.07, 6.45) is 1.90. The fourth-order valence-corrected chi connectivity index (χ4v) is 2.00. The number of hydrogen-bond donors (Lipinski definition) is 1. The number of rotatable bonds is 4. The van der Waals surface area contributed by atoms with Crippen LogP contribution in [0.15, 0.2) is 66.2 Å². The van der Waals surface area contributed by atoms with Crippen molar-refractivity contribution in [3.05, 3.63) is 77.4 Å². The first-order chi connectivity index (χ1) is 9.66. The Kier molecular flexibility index (Phi) is 4.72. The van der Waals surface area contributed by atoms with Crippen LogP contribution in [0.25, 0.3) is 6.08 Å². The first-order valence-electron chi connectivity index (χ1n) is 6.76. The lowest BCUT2D eigenvalue weighted by atomic mass is 10.1. The summed E-state index contributed by atoms with van der Waals surface area (Å²) in [5.74, 6) is -0.0368. The minimum Gasteiger partial charge on any atom is -0.346 e. The molecule has 2 aromatic carbocycles. The quantitative estimate of drug-likeness (QED) is 0.833. The average Bonchev–Trinajstić information content (AvgIpc) is 2.49. The first kappa shape index (κ1) is 14.1. The lowest BCUT2D eigenvalue weighted by molar-refractivity contribution is -0.118. The molecule has 0 radical (unpaired) electrons. The third-order valence-electron chi connectivity index (χ3n) is 3.19. The molecule has 0 saturated carbocycles. The van der Waals surface area contributed by atoms with Crippen LogP contribution in [-0.2, 0) is 4.79 Å². The number of benzene rings is 2. The Morgan fingerprint density at radius 2 is 1.55 bits per heavy atom. The molecule has 2 rings (SSSR count). The molecule has 0 aromatic heterocycles. The molecule has 0 fully saturated rings. The highest BCUT2D eigenvalue weighted by molar-refractivity contribution is 5.97. The fraction of sp³-hybridized carbons (Fsp3) is 0.167. The predicted molar refractivity (Wildman–Crippen MR) is 83.1 cm³/mol. The fourth-order valence-electron chi connectivity index (χ4n) is 2.00. The lowest BCUT2D eigenvalue weighted by Crippen LogP contribution is -2.27. The summed E-state index contributed by atoms with van der Waals surface area (Å²) in [5.41, 5.74) is 2.85. The summed E-state index contributed by atoms with van der Waals surface area (Å²) in [6.45, 7) is 3.82. The van der Waals surface area contributed by atoms with E-state index in [2.05, 4.69) is 5.32 Å². The molecule has 0 aliphatic rings. The maximum absolute atomic E-state index is 12.2. The molecule has 1 N–H and O–H groups in total. The zero-order valence-electron chi connectivity index (χ0n) is 11.8. The molecule has 2 heteroatoms. The second-order valence-electron chi connectivity index (χ2n) is 4.84. The Morgan fingerprint density at radius 3 is 2.15 bits per heavy atom. The Labute approximate surface area is 120 Å². The number of hydrogen-bond acceptors (Lipinski definition) is 1. The average molecular weight is 265 g/mol. The molecule has 20 heavy (non-hydrogen) atoms. The van der Waals surface area contributed by atoms with E-state index in [1.165, 1.54) is 0 Å². The van der Waals surface area contributed by atoms with Gasteiger partial charge in [0.1, 0.15) is 0 Å². The molecule has 102 valence electrons. The van der Waals surface area contributed by atoms with Crippen LogP contribution in [0.5, 0.6) is 0 Å². The summed E-state index contributed by atoms with van der Waals surface area (Å²) >= 11 is 0. The van der Waals surface area contributed by atoms with Crippen molar-refractivity contribution in [1.82, 2.24) is 5.32 Å². The third kappa shape index (κ3) is 3.82. The van der Waals surface area contributed by atoms with E-state index in [1.807, 2.05) is 80.6 Å². The van der Waals surface area contributed by atoms with Crippen LogP contribution in [0.2, 0.25) is 0 Å². The van der Waals surface area contributed by atoms with Gasteiger partial charge in [-0.15, -0.1) is 0 Å². The molecular weight excluding hydrogens is 246 g/mol. The molecule has 0 heterocycles. The van der Waals surface area contributed by atoms with Crippen LogP contribution in [0, 0.1) is 0 Å². The smallest absolute Gasteiger partial charge is 0.247 e. The highest BCUT2D eigenvalue weighted by Gasteiger charge is 2.10. The van der Waals surface area contributed by atoms with Crippen LogP contribution in [0.1, 0.15) is 31.0 Å². The summed E-state index contributed by atoms with van der Waals surface area (Å²) in [4.78, 5) is 12.2. The van der Waals surface area contributed by atoms with Crippen molar-refractivity contribution in [3.8, 4) is 0 Å². The van der Waals surface area contributed by atoms with E-state index in [-0.39, 0.29) is 11.9 Å². The Hall–Kier alpha value is -2.35. The van der Waals surface area contributed by atoms with E-state index in [0.29, 0.717) is 5.57 Å². The molecule has 0 bridgehead atoms. The topological polar surface area (TPSA) is 29.1 Å². The van der Waals surface area contributed by atoms with Gasteiger partial charge in [0.25, 0.3) is 0 Å². The van der Waals surface area contributed by atoms with Gasteiger partial charge in [0.05, 0.1) is 6.04 Å². The number of nitrogens with one attached hydrogen (secondary N) is 1. The van der Waals surface area contributed by atoms with Crippen LogP contribution in [0.3, 0.4) is 0 Å². The maximum atomic E-state index is 12.2. The van der Waals surface area contributed by atoms with Crippen molar-refractivity contribution in [2.75, 3.05) is 0 Å². The van der Waals surface area contributed by atoms with Gasteiger partial charge in [-0.05, 0) is 31.1 Å². The summed E-state index contributed by atoms with van der Waals surface area (Å²) < 4.78 is 0. The van der Waals surface area contributed by atoms with Gasteiger partial charge >= 0.3 is 0 Å². The Morgan fingerprint density at radius 1 is 1.00 bits per heavy atom. The van der Waals surface area contributed by atoms with Gasteiger partial charge in [-0.3, -0.25) is 4.79 Å². The second kappa shape index (κ2) is 6.71. The second-order valence-corrected chi connectivity index (χ2v) is 4.84. The molecule has 0 aliphatic heterocycles. The Bertz CT molecular complexity index is 587. The number of carbonyl (C=O) groups is 1. The van der Waals surface area contributed by atoms with E-state index in [9.17, 15) is 4.79 Å². The van der Waals surface area contributed by atoms with Gasteiger partial charge in [0.15, 0.2) is 0 Å². The van der Waals surface area contributed by atoms with Gasteiger partial charge < -0.3 is 5.32 Å². The van der Waals surface area contributed by atoms with E-state index < -0.39 is 0 Å². The van der Waals surface area contributed by atoms with Crippen molar-refractivity contribution in [2.24, 2.45) is 0 Å². The van der Waals surface area contributed by atoms with Crippen molar-refractivity contribution >= 4 is 12.0 Å². The standard InChI is InChI=1S/C18H19NO/c1-14(13-16-9-5-3-6-10-16)18(20)19-15(2)17-11-7-4-8-12-17/h3-13,15H,1-2H3,(H,19,20). The van der Waals surface area contributed by atoms with Crippen molar-refractivity contribution < 1.29 is 4.79 Å². The van der Waals surface area contributed by atoms with Crippen LogP contribution in [-0.4, -0.2) is 5.91 Å². The van der Waals surface area contributed by atoms with Crippen LogP contribution < -0.4 is 5.32 Å². The number of amides is 1. The largest absolute Gasteiger partial charge is 0.346 e. The highest BCUT2D eigenvalue weighted by atomic mass is 16.1. The summed E-state index contributed by atoms with van der Waals surface area (Å²) in [6, 6.07) is 19.8. The first-order valence-corrected chi connectivity index (χ1v) is 6.76. The monoisotopic (exact) mass is 265 g/mol. The zero-order valence-corrected chi connectivity index (χ0v) is 11.8. The summed E-state index contributed by atoms with van der Waals surface area (Å²) in [5, 5.41) is 3.01. The van der Waals surface area contributed by atoms with Gasteiger partial charge in [-0.1, -0.05) is 60.7 Å². The van der Waals surface area contributed by atoms with E-state index in [0.717, 1.165) is 11.1 Å². The maximum Gasteiger partial charge on any atom is 0.247 e. The van der Waals surface area contributed by atoms with Crippen LogP contribution >= 0.6 is 0 Å². The van der Waals surface area contributed by atoms with Crippen molar-refractivity contribution in [3.63, 3.8) is 0 Å². The van der Waals surface area contributed by atoms with Gasteiger partial charge in [-0.25, -0.2) is 0 Å². The number of carbonyl (C=O) groups excluding carboxylic acids is 1. The third-order valence-corrected chi connectivity index (χ3v) is 3.19. The normalized spacial score (nSPS) is 12.8. The van der Waals surface area contributed by atoms with Gasteiger partial charge in [-0.2, -0.15) is 0 Å².